The highest BCUT2D eigenvalue weighted by molar-refractivity contribution is 9.10. The molecule has 4 aliphatic rings. The summed E-state index contributed by atoms with van der Waals surface area (Å²) in [4.78, 5) is 35.0. The number of nitrogens with one attached hydrogen (secondary N) is 1. The number of phenolic OH excluding ortho intramolecular Hbond substituents is 1. The van der Waals surface area contributed by atoms with E-state index in [1.165, 1.54) is 12.1 Å². The highest BCUT2D eigenvalue weighted by Gasteiger charge is 2.31. The van der Waals surface area contributed by atoms with Crippen LogP contribution in [-0.2, 0) is 0 Å². The van der Waals surface area contributed by atoms with Crippen LogP contribution in [0.3, 0.4) is 0 Å². The molecule has 110 heavy (non-hydrogen) atoms. The molecule has 8 heterocycles. The van der Waals surface area contributed by atoms with Crippen molar-refractivity contribution >= 4 is 101 Å². The van der Waals surface area contributed by atoms with E-state index in [1.54, 1.807) is 122 Å². The van der Waals surface area contributed by atoms with Gasteiger partial charge in [0.15, 0.2) is 0 Å². The average molecular weight is 1690 g/mol. The van der Waals surface area contributed by atoms with E-state index in [1.807, 2.05) is 109 Å². The van der Waals surface area contributed by atoms with E-state index in [9.17, 15) is 19.7 Å². The first-order valence-corrected chi connectivity index (χ1v) is 37.4. The number of hydrogen-bond acceptors (Lipinski definition) is 19. The minimum absolute atomic E-state index is 0. The molecule has 0 bridgehead atoms. The Balaban J connectivity index is 0.000000160. The van der Waals surface area contributed by atoms with Crippen LogP contribution in [0.2, 0.25) is 20.1 Å². The van der Waals surface area contributed by atoms with Crippen LogP contribution in [0.4, 0.5) is 21.5 Å². The molecular weight excluding hydrogens is 1610 g/mol. The lowest BCUT2D eigenvalue weighted by molar-refractivity contribution is 0.1000. The molecule has 4 aromatic heterocycles. The molecule has 564 valence electrons. The van der Waals surface area contributed by atoms with E-state index < -0.39 is 11.7 Å². The summed E-state index contributed by atoms with van der Waals surface area (Å²) < 4.78 is 49.2. The summed E-state index contributed by atoms with van der Waals surface area (Å²) in [6.07, 6.45) is 10.3. The number of amides is 1. The first-order chi connectivity index (χ1) is 53.0. The van der Waals surface area contributed by atoms with Crippen LogP contribution in [-0.4, -0.2) is 108 Å². The van der Waals surface area contributed by atoms with Gasteiger partial charge in [0.1, 0.15) is 97.3 Å². The Labute approximate surface area is 675 Å². The number of primary amides is 1. The Morgan fingerprint density at radius 2 is 0.836 bits per heavy atom. The van der Waals surface area contributed by atoms with E-state index in [0.29, 0.717) is 107 Å². The Hall–Kier alpha value is -10.9. The second-order valence-electron chi connectivity index (χ2n) is 24.3. The van der Waals surface area contributed by atoms with Gasteiger partial charge in [0.2, 0.25) is 23.5 Å². The zero-order chi connectivity index (χ0) is 76.9. The number of para-hydroxylation sites is 3. The van der Waals surface area contributed by atoms with E-state index in [-0.39, 0.29) is 37.4 Å². The van der Waals surface area contributed by atoms with E-state index in [4.69, 9.17) is 90.9 Å². The standard InChI is InChI=1S/C22H20ClN3O3.C22H18ClN3O2.C16H13BrClN3O.C9H11ClN2O.C7H3BrFN.C6H6O.CH4/c23-19-7-4-11-25-22(19)29-17-10-12-26(14-17)20-9-8-16(13-18(20)21(24)27)28-15-5-2-1-3-6-15;23-20-7-4-11-25-22(20)28-19-10-12-26(15-19)21-9-8-18(13-16(21)14-24)27-17-5-2-1-3-6-17;17-12-3-4-15(11(8-12)9-19)21-7-5-13(10-21)22-16-14(18)2-1-6-20-16;10-8-2-1-4-12-9(8)13-7-3-5-11-6-7;8-6-1-2-7(9)5(3-6)4-10;7-6-4-2-1-3-5-6;/h1-9,11,13,17H,10,12,14H2,(H2,24,27);1-9,11,13,19H,10,12,15H2;1-4,6,8,13H,5,7,10H2;1-2,4,7,11H,3,5-6H2;1-3H;1-5,7H;1H4/t17-;19-;13-;7-;;;/m0000.../s1. The third kappa shape index (κ3) is 25.1. The van der Waals surface area contributed by atoms with Gasteiger partial charge in [-0.1, -0.05) is 140 Å². The number of phenols is 1. The Kier molecular flexibility index (Phi) is 32.3. The highest BCUT2D eigenvalue weighted by atomic mass is 79.9. The lowest BCUT2D eigenvalue weighted by Gasteiger charge is -2.22. The minimum atomic E-state index is -0.504. The molecule has 4 aliphatic heterocycles. The number of pyridine rings is 4. The molecule has 1 amide bonds. The molecule has 0 aliphatic carbocycles. The number of rotatable bonds is 16. The smallest absolute Gasteiger partial charge is 0.250 e. The second kappa shape index (κ2) is 42.7. The van der Waals surface area contributed by atoms with Crippen molar-refractivity contribution in [3.63, 3.8) is 0 Å². The number of nitrogens with two attached hydrogens (primary N) is 1. The van der Waals surface area contributed by atoms with Crippen LogP contribution in [0.1, 0.15) is 60.2 Å². The molecule has 20 nitrogen and oxygen atoms in total. The predicted molar refractivity (Wildman–Crippen MR) is 434 cm³/mol. The van der Waals surface area contributed by atoms with Gasteiger partial charge in [0, 0.05) is 90.9 Å². The molecule has 11 aromatic rings. The normalized spacial score (nSPS) is 15.6. The van der Waals surface area contributed by atoms with Crippen molar-refractivity contribution in [1.82, 2.24) is 25.3 Å². The third-order valence-corrected chi connectivity index (χ3v) is 18.8. The van der Waals surface area contributed by atoms with Crippen molar-refractivity contribution in [1.29, 1.82) is 15.8 Å². The van der Waals surface area contributed by atoms with Gasteiger partial charge in [-0.2, -0.15) is 15.8 Å². The van der Waals surface area contributed by atoms with Crippen molar-refractivity contribution in [2.24, 2.45) is 5.73 Å². The van der Waals surface area contributed by atoms with Gasteiger partial charge in [0.05, 0.1) is 53.3 Å². The number of carbonyl (C=O) groups is 1. The van der Waals surface area contributed by atoms with Gasteiger partial charge in [-0.3, -0.25) is 4.79 Å². The monoisotopic (exact) mass is 1680 g/mol. The fourth-order valence-corrected chi connectivity index (χ4v) is 12.8. The maximum atomic E-state index is 12.5. The molecule has 0 saturated carbocycles. The molecule has 15 rings (SSSR count). The minimum Gasteiger partial charge on any atom is -0.508 e. The summed E-state index contributed by atoms with van der Waals surface area (Å²) in [5, 5.41) is 41.2. The third-order valence-electron chi connectivity index (χ3n) is 16.6. The Morgan fingerprint density at radius 3 is 1.22 bits per heavy atom. The molecule has 0 spiro atoms. The summed E-state index contributed by atoms with van der Waals surface area (Å²) in [6.45, 7) is 6.24. The molecule has 27 heteroatoms. The molecule has 4 N–H and O–H groups in total. The summed E-state index contributed by atoms with van der Waals surface area (Å²) >= 11 is 30.7. The number of ether oxygens (including phenoxy) is 6. The van der Waals surface area contributed by atoms with Crippen molar-refractivity contribution in [3.8, 4) is 70.5 Å². The number of hydrogen-bond donors (Lipinski definition) is 3. The number of nitrogens with zero attached hydrogens (tertiary/aromatic N) is 10. The summed E-state index contributed by atoms with van der Waals surface area (Å²) in [7, 11) is 0. The molecule has 7 aromatic carbocycles. The van der Waals surface area contributed by atoms with E-state index >= 15 is 0 Å². The average Bonchev–Trinajstić information content (AvgIpc) is 1.57. The fraction of sp³-hybridized carbons (Fsp3) is 0.205. The highest BCUT2D eigenvalue weighted by Crippen LogP contribution is 2.36. The summed E-state index contributed by atoms with van der Waals surface area (Å²) in [5.74, 6) is 3.83. The molecule has 0 radical (unpaired) electrons. The SMILES string of the molecule is C.Clc1cccnc1O[C@H]1CCNC1.N#Cc1cc(Br)ccc1F.N#Cc1cc(Br)ccc1N1CC[C@H](Oc2ncccc2Cl)C1.N#Cc1cc(Oc2ccccc2)ccc1N1CC[C@H](Oc2ncccc2Cl)C1.NC(=O)c1cc(Oc2ccccc2)ccc1N1CC[C@H](Oc2ncccc2Cl)C1.Oc1ccccc1. The lowest BCUT2D eigenvalue weighted by Crippen LogP contribution is -2.27. The van der Waals surface area contributed by atoms with Gasteiger partial charge in [-0.15, -0.1) is 0 Å². The van der Waals surface area contributed by atoms with Crippen molar-refractivity contribution in [3.05, 3.63) is 294 Å². The van der Waals surface area contributed by atoms with Crippen LogP contribution in [0.15, 0.2) is 246 Å². The van der Waals surface area contributed by atoms with Crippen molar-refractivity contribution in [2.75, 3.05) is 67.1 Å². The number of anilines is 3. The number of aromatic hydroxyl groups is 1. The van der Waals surface area contributed by atoms with Crippen LogP contribution in [0.25, 0.3) is 0 Å². The van der Waals surface area contributed by atoms with Crippen LogP contribution in [0.5, 0.6) is 52.3 Å². The van der Waals surface area contributed by atoms with E-state index in [2.05, 4.69) is 84.0 Å². The maximum absolute atomic E-state index is 12.5. The Morgan fingerprint density at radius 1 is 0.464 bits per heavy atom. The molecular formula is C83H75Br2Cl4FN12O8. The number of carbonyl (C=O) groups excluding carboxylic acids is 1. The van der Waals surface area contributed by atoms with E-state index in [0.717, 1.165) is 85.7 Å². The van der Waals surface area contributed by atoms with Gasteiger partial charge in [-0.25, -0.2) is 24.3 Å². The fourth-order valence-electron chi connectivity index (χ4n) is 11.5. The molecule has 4 saturated heterocycles. The van der Waals surface area contributed by atoms with Gasteiger partial charge in [0.25, 0.3) is 5.91 Å². The first-order valence-electron chi connectivity index (χ1n) is 34.3. The topological polar surface area (TPSA) is 263 Å². The predicted octanol–water partition coefficient (Wildman–Crippen LogP) is 19.3. The summed E-state index contributed by atoms with van der Waals surface area (Å²) in [5.41, 5.74) is 9.92. The number of nitriles is 3. The zero-order valence-corrected chi connectivity index (χ0v) is 64.5. The molecule has 4 atom stereocenters. The Bertz CT molecular complexity index is 4940. The van der Waals surface area contributed by atoms with Crippen LogP contribution < -0.4 is 54.2 Å². The maximum Gasteiger partial charge on any atom is 0.250 e. The summed E-state index contributed by atoms with van der Waals surface area (Å²) in [6, 6.07) is 68.9. The number of aromatic nitrogens is 4. The van der Waals surface area contributed by atoms with Crippen LogP contribution in [0, 0.1) is 39.8 Å². The molecule has 4 fully saturated rings. The van der Waals surface area contributed by atoms with Gasteiger partial charge in [-0.05, 0) is 165 Å². The lowest BCUT2D eigenvalue weighted by atomic mass is 10.1. The quantitative estimate of drug-likeness (QED) is 0.0811. The molecule has 0 unspecified atom stereocenters. The van der Waals surface area contributed by atoms with Gasteiger partial charge >= 0.3 is 0 Å². The van der Waals surface area contributed by atoms with Crippen molar-refractivity contribution < 1.29 is 42.7 Å². The van der Waals surface area contributed by atoms with Gasteiger partial charge < -0.3 is 59.3 Å². The first kappa shape index (κ1) is 83.1. The second-order valence-corrected chi connectivity index (χ2v) is 27.8. The van der Waals surface area contributed by atoms with Crippen LogP contribution >= 0.6 is 78.3 Å². The largest absolute Gasteiger partial charge is 0.508 e. The number of halogens is 7. The number of benzene rings is 7. The van der Waals surface area contributed by atoms with Crippen molar-refractivity contribution in [2.45, 2.75) is 57.5 Å². The zero-order valence-electron chi connectivity index (χ0n) is 58.3.